The van der Waals surface area contributed by atoms with Gasteiger partial charge in [0.2, 0.25) is 0 Å². The normalized spacial score (nSPS) is 19.4. The molecule has 0 saturated carbocycles. The number of carbonyl (C=O) groups excluding carboxylic acids is 2. The molecule has 1 aromatic heterocycles. The van der Waals surface area contributed by atoms with E-state index in [1.807, 2.05) is 40.2 Å². The van der Waals surface area contributed by atoms with E-state index in [2.05, 4.69) is 5.10 Å². The van der Waals surface area contributed by atoms with E-state index in [-0.39, 0.29) is 17.8 Å². The van der Waals surface area contributed by atoms with Gasteiger partial charge in [-0.3, -0.25) is 9.48 Å². The summed E-state index contributed by atoms with van der Waals surface area (Å²) in [6.45, 7) is 6.45. The van der Waals surface area contributed by atoms with Crippen LogP contribution in [0.2, 0.25) is 0 Å². The third-order valence-electron chi connectivity index (χ3n) is 3.72. The number of likely N-dealkylation sites (tertiary alicyclic amines) is 1. The van der Waals surface area contributed by atoms with Crippen molar-refractivity contribution in [2.75, 3.05) is 13.1 Å². The van der Waals surface area contributed by atoms with E-state index in [0.29, 0.717) is 19.5 Å². The highest BCUT2D eigenvalue weighted by Crippen LogP contribution is 2.21. The number of piperidine rings is 1. The Kier molecular flexibility index (Phi) is 4.88. The number of ether oxygens (including phenoxy) is 1. The van der Waals surface area contributed by atoms with Crippen LogP contribution in [-0.4, -0.2) is 45.2 Å². The van der Waals surface area contributed by atoms with Gasteiger partial charge >= 0.3 is 6.09 Å². The number of hydrogen-bond acceptors (Lipinski definition) is 4. The number of nitrogens with zero attached hydrogens (tertiary/aromatic N) is 3. The first-order valence-corrected chi connectivity index (χ1v) is 7.73. The van der Waals surface area contributed by atoms with Crippen LogP contribution in [0.3, 0.4) is 0 Å². The van der Waals surface area contributed by atoms with Gasteiger partial charge in [0.1, 0.15) is 11.4 Å². The summed E-state index contributed by atoms with van der Waals surface area (Å²) in [6, 6.07) is 0. The van der Waals surface area contributed by atoms with Crippen LogP contribution in [0.25, 0.3) is 0 Å². The second-order valence-electron chi connectivity index (χ2n) is 6.90. The van der Waals surface area contributed by atoms with Crippen molar-refractivity contribution in [1.82, 2.24) is 14.7 Å². The minimum Gasteiger partial charge on any atom is -0.444 e. The molecule has 0 bridgehead atoms. The first-order valence-electron chi connectivity index (χ1n) is 7.73. The van der Waals surface area contributed by atoms with Gasteiger partial charge in [0, 0.05) is 38.7 Å². The zero-order valence-electron chi connectivity index (χ0n) is 13.8. The van der Waals surface area contributed by atoms with Crippen LogP contribution in [0.4, 0.5) is 4.79 Å². The van der Waals surface area contributed by atoms with Crippen LogP contribution >= 0.6 is 0 Å². The number of Topliss-reactive ketones (excluding diaryl/α,β-unsaturated/α-hetero) is 1. The largest absolute Gasteiger partial charge is 0.444 e. The molecular weight excluding hydrogens is 282 g/mol. The average molecular weight is 307 g/mol. The van der Waals surface area contributed by atoms with Crippen LogP contribution in [0.5, 0.6) is 0 Å². The van der Waals surface area contributed by atoms with Crippen LogP contribution < -0.4 is 0 Å². The van der Waals surface area contributed by atoms with E-state index in [9.17, 15) is 9.59 Å². The number of amides is 1. The number of carbonyl (C=O) groups is 2. The molecule has 2 heterocycles. The van der Waals surface area contributed by atoms with Gasteiger partial charge in [-0.15, -0.1) is 0 Å². The van der Waals surface area contributed by atoms with Crippen LogP contribution in [0, 0.1) is 5.92 Å². The van der Waals surface area contributed by atoms with Gasteiger partial charge in [-0.2, -0.15) is 5.10 Å². The van der Waals surface area contributed by atoms with Gasteiger partial charge in [-0.05, 0) is 39.2 Å². The molecule has 2 rings (SSSR count). The fourth-order valence-electron chi connectivity index (χ4n) is 2.59. The fourth-order valence-corrected chi connectivity index (χ4v) is 2.59. The number of aromatic nitrogens is 2. The monoisotopic (exact) mass is 307 g/mol. The fraction of sp³-hybridized carbons (Fsp3) is 0.688. The summed E-state index contributed by atoms with van der Waals surface area (Å²) in [5.41, 5.74) is 0.605. The van der Waals surface area contributed by atoms with Crippen molar-refractivity contribution in [2.45, 2.75) is 45.6 Å². The Hall–Kier alpha value is -1.85. The third-order valence-corrected chi connectivity index (χ3v) is 3.72. The topological polar surface area (TPSA) is 64.4 Å². The Labute approximate surface area is 131 Å². The zero-order chi connectivity index (χ0) is 16.3. The number of ketones is 1. The quantitative estimate of drug-likeness (QED) is 0.858. The standard InChI is InChI=1S/C16H25N3O3/c1-16(2,3)22-15(21)19-8-7-14(20)13(11-19)6-5-12-9-17-18(4)10-12/h9-10,13H,5-8,11H2,1-4H3. The Morgan fingerprint density at radius 1 is 1.45 bits per heavy atom. The zero-order valence-corrected chi connectivity index (χ0v) is 13.8. The summed E-state index contributed by atoms with van der Waals surface area (Å²) >= 11 is 0. The molecule has 1 unspecified atom stereocenters. The van der Waals surface area contributed by atoms with Gasteiger partial charge in [0.15, 0.2) is 0 Å². The van der Waals surface area contributed by atoms with Gasteiger partial charge in [0.05, 0.1) is 6.20 Å². The predicted molar refractivity (Wildman–Crippen MR) is 82.5 cm³/mol. The van der Waals surface area contributed by atoms with E-state index < -0.39 is 5.60 Å². The van der Waals surface area contributed by atoms with E-state index in [4.69, 9.17) is 4.74 Å². The lowest BCUT2D eigenvalue weighted by Crippen LogP contribution is -2.46. The molecule has 6 heteroatoms. The smallest absolute Gasteiger partial charge is 0.410 e. The van der Waals surface area contributed by atoms with E-state index >= 15 is 0 Å². The summed E-state index contributed by atoms with van der Waals surface area (Å²) in [6.07, 6.45) is 5.40. The molecule has 1 fully saturated rings. The van der Waals surface area contributed by atoms with Crippen molar-refractivity contribution in [3.8, 4) is 0 Å². The Morgan fingerprint density at radius 3 is 2.77 bits per heavy atom. The molecular formula is C16H25N3O3. The Morgan fingerprint density at radius 2 is 2.18 bits per heavy atom. The summed E-state index contributed by atoms with van der Waals surface area (Å²) in [4.78, 5) is 25.9. The summed E-state index contributed by atoms with van der Waals surface area (Å²) < 4.78 is 7.14. The van der Waals surface area contributed by atoms with Gasteiger partial charge < -0.3 is 9.64 Å². The van der Waals surface area contributed by atoms with Gasteiger partial charge in [-0.1, -0.05) is 0 Å². The van der Waals surface area contributed by atoms with E-state index in [0.717, 1.165) is 18.4 Å². The molecule has 0 radical (unpaired) electrons. The van der Waals surface area contributed by atoms with Gasteiger partial charge in [0.25, 0.3) is 0 Å². The summed E-state index contributed by atoms with van der Waals surface area (Å²) in [5, 5.41) is 4.13. The van der Waals surface area contributed by atoms with E-state index in [1.165, 1.54) is 0 Å². The number of hydrogen-bond donors (Lipinski definition) is 0. The molecule has 122 valence electrons. The van der Waals surface area contributed by atoms with Crippen molar-refractivity contribution in [1.29, 1.82) is 0 Å². The van der Waals surface area contributed by atoms with E-state index in [1.54, 1.807) is 9.58 Å². The summed E-state index contributed by atoms with van der Waals surface area (Å²) in [5.74, 6) is 0.130. The first kappa shape index (κ1) is 16.5. The Balaban J connectivity index is 1.90. The first-order chi connectivity index (χ1) is 10.2. The molecule has 0 aromatic carbocycles. The van der Waals surface area contributed by atoms with Crippen molar-refractivity contribution in [3.05, 3.63) is 18.0 Å². The molecule has 1 amide bonds. The highest BCUT2D eigenvalue weighted by molar-refractivity contribution is 5.84. The lowest BCUT2D eigenvalue weighted by atomic mass is 9.91. The maximum absolute atomic E-state index is 12.1. The lowest BCUT2D eigenvalue weighted by molar-refractivity contribution is -0.126. The molecule has 22 heavy (non-hydrogen) atoms. The minimum absolute atomic E-state index is 0.110. The van der Waals surface area contributed by atoms with Crippen LogP contribution in [-0.2, 0) is 23.0 Å². The average Bonchev–Trinajstić information content (AvgIpc) is 2.81. The highest BCUT2D eigenvalue weighted by atomic mass is 16.6. The second kappa shape index (κ2) is 6.50. The molecule has 0 spiro atoms. The maximum atomic E-state index is 12.1. The van der Waals surface area contributed by atoms with Crippen LogP contribution in [0.1, 0.15) is 39.2 Å². The highest BCUT2D eigenvalue weighted by Gasteiger charge is 2.31. The third kappa shape index (κ3) is 4.58. The van der Waals surface area contributed by atoms with Crippen molar-refractivity contribution < 1.29 is 14.3 Å². The minimum atomic E-state index is -0.510. The van der Waals surface area contributed by atoms with Crippen molar-refractivity contribution in [3.63, 3.8) is 0 Å². The maximum Gasteiger partial charge on any atom is 0.410 e. The molecule has 1 aromatic rings. The summed E-state index contributed by atoms with van der Waals surface area (Å²) in [7, 11) is 1.87. The number of aryl methyl sites for hydroxylation is 2. The molecule has 6 nitrogen and oxygen atoms in total. The molecule has 1 saturated heterocycles. The molecule has 0 N–H and O–H groups in total. The predicted octanol–water partition coefficient (Wildman–Crippen LogP) is 2.18. The molecule has 1 aliphatic heterocycles. The molecule has 1 atom stereocenters. The lowest BCUT2D eigenvalue weighted by Gasteiger charge is -2.33. The Bertz CT molecular complexity index is 545. The SMILES string of the molecule is Cn1cc(CCC2CN(C(=O)OC(C)(C)C)CCC2=O)cn1. The van der Waals surface area contributed by atoms with Crippen molar-refractivity contribution in [2.24, 2.45) is 13.0 Å². The molecule has 1 aliphatic rings. The van der Waals surface area contributed by atoms with Crippen LogP contribution in [0.15, 0.2) is 12.4 Å². The van der Waals surface area contributed by atoms with Gasteiger partial charge in [-0.25, -0.2) is 4.79 Å². The second-order valence-corrected chi connectivity index (χ2v) is 6.90. The molecule has 0 aliphatic carbocycles. The van der Waals surface area contributed by atoms with Crippen molar-refractivity contribution >= 4 is 11.9 Å². The number of rotatable bonds is 3.